The van der Waals surface area contributed by atoms with Crippen LogP contribution in [0, 0.1) is 0 Å². The van der Waals surface area contributed by atoms with Crippen molar-refractivity contribution in [1.29, 1.82) is 0 Å². The van der Waals surface area contributed by atoms with Gasteiger partial charge in [-0.25, -0.2) is 0 Å². The Morgan fingerprint density at radius 1 is 1.08 bits per heavy atom. The number of hydrogen-bond acceptors (Lipinski definition) is 3. The van der Waals surface area contributed by atoms with Gasteiger partial charge in [-0.3, -0.25) is 4.79 Å². The normalized spacial score (nSPS) is 13.5. The van der Waals surface area contributed by atoms with Gasteiger partial charge in [0, 0.05) is 36.1 Å². The highest BCUT2D eigenvalue weighted by Crippen LogP contribution is 2.31. The first-order valence-corrected chi connectivity index (χ1v) is 7.97. The summed E-state index contributed by atoms with van der Waals surface area (Å²) >= 11 is 0. The number of nitrogens with one attached hydrogen (secondary N) is 1. The van der Waals surface area contributed by atoms with Crippen LogP contribution >= 0.6 is 0 Å². The number of anilines is 1. The van der Waals surface area contributed by atoms with Crippen molar-refractivity contribution in [3.63, 3.8) is 0 Å². The van der Waals surface area contributed by atoms with Crippen molar-refractivity contribution in [1.82, 2.24) is 4.57 Å². The highest BCUT2D eigenvalue weighted by molar-refractivity contribution is 6.09. The fourth-order valence-corrected chi connectivity index (χ4v) is 2.91. The van der Waals surface area contributed by atoms with Gasteiger partial charge in [-0.2, -0.15) is 0 Å². The van der Waals surface area contributed by atoms with Crippen LogP contribution in [0.3, 0.4) is 0 Å². The molecular formula is C19H18N2O3. The number of ether oxygens (including phenoxy) is 2. The van der Waals surface area contributed by atoms with Crippen molar-refractivity contribution in [3.05, 3.63) is 54.2 Å². The lowest BCUT2D eigenvalue weighted by molar-refractivity contribution is 0.102. The molecule has 0 atom stereocenters. The molecule has 2 aromatic carbocycles. The van der Waals surface area contributed by atoms with E-state index in [-0.39, 0.29) is 5.91 Å². The van der Waals surface area contributed by atoms with Crippen molar-refractivity contribution in [3.8, 4) is 11.5 Å². The number of rotatable bonds is 2. The minimum absolute atomic E-state index is 0.165. The Hall–Kier alpha value is -2.95. The second-order valence-electron chi connectivity index (χ2n) is 5.83. The summed E-state index contributed by atoms with van der Waals surface area (Å²) < 4.78 is 13.3. The molecule has 0 saturated heterocycles. The van der Waals surface area contributed by atoms with Crippen LogP contribution in [-0.2, 0) is 7.05 Å². The van der Waals surface area contributed by atoms with E-state index in [1.807, 2.05) is 42.1 Å². The molecule has 1 aliphatic heterocycles. The van der Waals surface area contributed by atoms with Gasteiger partial charge in [-0.05, 0) is 36.4 Å². The molecule has 3 aromatic rings. The summed E-state index contributed by atoms with van der Waals surface area (Å²) in [5.74, 6) is 1.15. The summed E-state index contributed by atoms with van der Waals surface area (Å²) in [5.41, 5.74) is 2.42. The van der Waals surface area contributed by atoms with Gasteiger partial charge in [-0.15, -0.1) is 0 Å². The lowest BCUT2D eigenvalue weighted by atomic mass is 10.1. The first kappa shape index (κ1) is 14.6. The molecule has 1 aliphatic rings. The van der Waals surface area contributed by atoms with E-state index in [1.54, 1.807) is 18.2 Å². The maximum atomic E-state index is 12.6. The molecule has 0 aliphatic carbocycles. The van der Waals surface area contributed by atoms with Crippen molar-refractivity contribution in [2.45, 2.75) is 6.42 Å². The number of nitrogens with zero attached hydrogens (tertiary/aromatic N) is 1. The third-order valence-corrected chi connectivity index (χ3v) is 4.19. The molecule has 122 valence electrons. The minimum atomic E-state index is -0.165. The molecule has 1 amide bonds. The standard InChI is InChI=1S/C19H18N2O3/c1-21-9-8-14-15(4-2-5-16(14)21)20-19(22)13-6-7-17-18(12-13)24-11-3-10-23-17/h2,4-9,12H,3,10-11H2,1H3,(H,20,22). The largest absolute Gasteiger partial charge is 0.490 e. The van der Waals surface area contributed by atoms with Gasteiger partial charge in [0.1, 0.15) is 0 Å². The summed E-state index contributed by atoms with van der Waals surface area (Å²) in [7, 11) is 1.98. The van der Waals surface area contributed by atoms with E-state index in [2.05, 4.69) is 5.32 Å². The monoisotopic (exact) mass is 322 g/mol. The zero-order valence-electron chi connectivity index (χ0n) is 13.4. The maximum absolute atomic E-state index is 12.6. The van der Waals surface area contributed by atoms with Gasteiger partial charge >= 0.3 is 0 Å². The summed E-state index contributed by atoms with van der Waals surface area (Å²) in [6.07, 6.45) is 2.82. The molecule has 0 unspecified atom stereocenters. The Kier molecular flexibility index (Phi) is 3.61. The predicted molar refractivity (Wildman–Crippen MR) is 92.9 cm³/mol. The molecule has 5 heteroatoms. The highest BCUT2D eigenvalue weighted by atomic mass is 16.5. The Balaban J connectivity index is 1.63. The number of aromatic nitrogens is 1. The molecule has 0 spiro atoms. The topological polar surface area (TPSA) is 52.5 Å². The number of benzene rings is 2. The second kappa shape index (κ2) is 5.92. The molecule has 1 N–H and O–H groups in total. The smallest absolute Gasteiger partial charge is 0.255 e. The molecule has 5 nitrogen and oxygen atoms in total. The molecular weight excluding hydrogens is 304 g/mol. The van der Waals surface area contributed by atoms with Crippen LogP contribution in [-0.4, -0.2) is 23.7 Å². The van der Waals surface area contributed by atoms with Crippen LogP contribution in [0.5, 0.6) is 11.5 Å². The van der Waals surface area contributed by atoms with E-state index >= 15 is 0 Å². The average molecular weight is 322 g/mol. The Labute approximate surface area is 139 Å². The van der Waals surface area contributed by atoms with Gasteiger partial charge in [0.15, 0.2) is 11.5 Å². The van der Waals surface area contributed by atoms with E-state index in [0.717, 1.165) is 23.0 Å². The number of amides is 1. The Morgan fingerprint density at radius 3 is 2.79 bits per heavy atom. The van der Waals surface area contributed by atoms with Crippen LogP contribution in [0.25, 0.3) is 10.9 Å². The molecule has 0 saturated carbocycles. The van der Waals surface area contributed by atoms with E-state index < -0.39 is 0 Å². The van der Waals surface area contributed by atoms with Gasteiger partial charge < -0.3 is 19.4 Å². The fraction of sp³-hybridized carbons (Fsp3) is 0.211. The average Bonchev–Trinajstić information content (AvgIpc) is 2.83. The summed E-state index contributed by atoms with van der Waals surface area (Å²) in [4.78, 5) is 12.6. The maximum Gasteiger partial charge on any atom is 0.255 e. The molecule has 0 bridgehead atoms. The summed E-state index contributed by atoms with van der Waals surface area (Å²) in [6.45, 7) is 1.23. The zero-order valence-corrected chi connectivity index (χ0v) is 13.4. The second-order valence-corrected chi connectivity index (χ2v) is 5.83. The summed E-state index contributed by atoms with van der Waals surface area (Å²) in [5, 5.41) is 4.00. The van der Waals surface area contributed by atoms with Crippen molar-refractivity contribution >= 4 is 22.5 Å². The third-order valence-electron chi connectivity index (χ3n) is 4.19. The van der Waals surface area contributed by atoms with E-state index in [1.165, 1.54) is 0 Å². The Bertz CT molecular complexity index is 914. The SMILES string of the molecule is Cn1ccc2c(NC(=O)c3ccc4c(c3)OCCCO4)cccc21. The first-order valence-electron chi connectivity index (χ1n) is 7.97. The predicted octanol–water partition coefficient (Wildman–Crippen LogP) is 3.59. The van der Waals surface area contributed by atoms with Crippen molar-refractivity contribution in [2.24, 2.45) is 7.05 Å². The van der Waals surface area contributed by atoms with E-state index in [9.17, 15) is 4.79 Å². The lowest BCUT2D eigenvalue weighted by Crippen LogP contribution is -2.12. The van der Waals surface area contributed by atoms with Crippen LogP contribution in [0.1, 0.15) is 16.8 Å². The number of fused-ring (bicyclic) bond motifs is 2. The van der Waals surface area contributed by atoms with E-state index in [0.29, 0.717) is 30.3 Å². The van der Waals surface area contributed by atoms with Gasteiger partial charge in [0.05, 0.1) is 18.9 Å². The summed E-state index contributed by atoms with van der Waals surface area (Å²) in [6, 6.07) is 13.2. The van der Waals surface area contributed by atoms with Crippen LogP contribution in [0.15, 0.2) is 48.7 Å². The number of aryl methyl sites for hydroxylation is 1. The quantitative estimate of drug-likeness (QED) is 0.784. The van der Waals surface area contributed by atoms with Gasteiger partial charge in [0.25, 0.3) is 5.91 Å². The molecule has 24 heavy (non-hydrogen) atoms. The van der Waals surface area contributed by atoms with Crippen molar-refractivity contribution < 1.29 is 14.3 Å². The van der Waals surface area contributed by atoms with Crippen LogP contribution in [0.4, 0.5) is 5.69 Å². The number of hydrogen-bond donors (Lipinski definition) is 1. The molecule has 1 aromatic heterocycles. The molecule has 4 rings (SSSR count). The van der Waals surface area contributed by atoms with E-state index in [4.69, 9.17) is 9.47 Å². The third kappa shape index (κ3) is 2.58. The lowest BCUT2D eigenvalue weighted by Gasteiger charge is -2.10. The van der Waals surface area contributed by atoms with Gasteiger partial charge in [0.2, 0.25) is 0 Å². The molecule has 0 radical (unpaired) electrons. The first-order chi connectivity index (χ1) is 11.7. The molecule has 0 fully saturated rings. The highest BCUT2D eigenvalue weighted by Gasteiger charge is 2.15. The van der Waals surface area contributed by atoms with Crippen molar-refractivity contribution in [2.75, 3.05) is 18.5 Å². The number of carbonyl (C=O) groups excluding carboxylic acids is 1. The fourth-order valence-electron chi connectivity index (χ4n) is 2.91. The van der Waals surface area contributed by atoms with Crippen LogP contribution in [0.2, 0.25) is 0 Å². The van der Waals surface area contributed by atoms with Gasteiger partial charge in [-0.1, -0.05) is 6.07 Å². The minimum Gasteiger partial charge on any atom is -0.490 e. The molecule has 2 heterocycles. The Morgan fingerprint density at radius 2 is 1.92 bits per heavy atom. The van der Waals surface area contributed by atoms with Crippen LogP contribution < -0.4 is 14.8 Å². The zero-order chi connectivity index (χ0) is 16.5. The number of carbonyl (C=O) groups is 1.